The van der Waals surface area contributed by atoms with Gasteiger partial charge in [0.1, 0.15) is 0 Å². The third kappa shape index (κ3) is 5.35. The zero-order valence-corrected chi connectivity index (χ0v) is 17.3. The summed E-state index contributed by atoms with van der Waals surface area (Å²) in [6, 6.07) is 7.97. The lowest BCUT2D eigenvalue weighted by Crippen LogP contribution is -2.36. The molecule has 1 N–H and O–H groups in total. The molecule has 3 rings (SSSR count). The van der Waals surface area contributed by atoms with Crippen LogP contribution >= 0.6 is 34.9 Å². The van der Waals surface area contributed by atoms with E-state index in [1.165, 1.54) is 23.1 Å². The van der Waals surface area contributed by atoms with Crippen LogP contribution in [-0.4, -0.2) is 53.4 Å². The normalized spacial score (nSPS) is 15.7. The maximum atomic E-state index is 12.4. The molecule has 1 aromatic carbocycles. The van der Waals surface area contributed by atoms with Crippen molar-refractivity contribution in [2.75, 3.05) is 42.3 Å². The molecule has 2 heterocycles. The molecule has 1 unspecified atom stereocenters. The second-order valence-corrected chi connectivity index (χ2v) is 9.74. The summed E-state index contributed by atoms with van der Waals surface area (Å²) < 4.78 is 7.15. The van der Waals surface area contributed by atoms with Crippen LogP contribution in [-0.2, 0) is 9.53 Å². The van der Waals surface area contributed by atoms with Gasteiger partial charge in [0.25, 0.3) is 0 Å². The number of aromatic nitrogens is 2. The number of carbonyl (C=O) groups excluding carboxylic acids is 1. The van der Waals surface area contributed by atoms with E-state index in [1.807, 2.05) is 31.2 Å². The van der Waals surface area contributed by atoms with Gasteiger partial charge in [0.15, 0.2) is 8.68 Å². The van der Waals surface area contributed by atoms with Crippen LogP contribution in [0.4, 0.5) is 11.4 Å². The Morgan fingerprint density at radius 2 is 1.96 bits per heavy atom. The highest BCUT2D eigenvalue weighted by Gasteiger charge is 2.18. The summed E-state index contributed by atoms with van der Waals surface area (Å²) in [5.74, 6) is 0.935. The van der Waals surface area contributed by atoms with Crippen molar-refractivity contribution in [1.29, 1.82) is 0 Å². The first-order valence-electron chi connectivity index (χ1n) is 8.52. The van der Waals surface area contributed by atoms with E-state index in [4.69, 9.17) is 4.74 Å². The number of anilines is 2. The van der Waals surface area contributed by atoms with Gasteiger partial charge in [-0.1, -0.05) is 41.8 Å². The molecule has 140 valence electrons. The van der Waals surface area contributed by atoms with E-state index in [9.17, 15) is 4.79 Å². The van der Waals surface area contributed by atoms with Crippen molar-refractivity contribution in [3.63, 3.8) is 0 Å². The first kappa shape index (κ1) is 19.5. The van der Waals surface area contributed by atoms with E-state index < -0.39 is 0 Å². The van der Waals surface area contributed by atoms with Gasteiger partial charge < -0.3 is 15.0 Å². The van der Waals surface area contributed by atoms with Crippen molar-refractivity contribution in [3.8, 4) is 0 Å². The van der Waals surface area contributed by atoms with Gasteiger partial charge in [0.05, 0.1) is 18.5 Å². The van der Waals surface area contributed by atoms with Gasteiger partial charge in [-0.2, -0.15) is 0 Å². The number of nitrogens with one attached hydrogen (secondary N) is 1. The lowest BCUT2D eigenvalue weighted by atomic mass is 10.2. The zero-order valence-electron chi connectivity index (χ0n) is 14.8. The number of benzene rings is 1. The van der Waals surface area contributed by atoms with E-state index in [0.29, 0.717) is 0 Å². The zero-order chi connectivity index (χ0) is 18.4. The van der Waals surface area contributed by atoms with Crippen molar-refractivity contribution >= 4 is 52.1 Å². The van der Waals surface area contributed by atoms with E-state index in [0.717, 1.165) is 52.1 Å². The number of rotatable bonds is 7. The second kappa shape index (κ2) is 9.59. The van der Waals surface area contributed by atoms with E-state index in [2.05, 4.69) is 27.3 Å². The first-order valence-corrected chi connectivity index (χ1v) is 11.2. The molecule has 2 aromatic rings. The highest BCUT2D eigenvalue weighted by molar-refractivity contribution is 8.03. The van der Waals surface area contributed by atoms with Gasteiger partial charge in [0, 0.05) is 24.5 Å². The van der Waals surface area contributed by atoms with Gasteiger partial charge in [-0.15, -0.1) is 10.2 Å². The summed E-state index contributed by atoms with van der Waals surface area (Å²) in [6.45, 7) is 7.29. The summed E-state index contributed by atoms with van der Waals surface area (Å²) in [4.78, 5) is 14.7. The molecule has 1 aromatic heterocycles. The van der Waals surface area contributed by atoms with Crippen LogP contribution in [0.1, 0.15) is 13.8 Å². The fraction of sp³-hybridized carbons (Fsp3) is 0.471. The molecule has 1 saturated heterocycles. The van der Waals surface area contributed by atoms with Gasteiger partial charge in [0.2, 0.25) is 5.91 Å². The van der Waals surface area contributed by atoms with Crippen LogP contribution < -0.4 is 10.2 Å². The fourth-order valence-corrected chi connectivity index (χ4v) is 5.51. The van der Waals surface area contributed by atoms with Crippen molar-refractivity contribution in [3.05, 3.63) is 24.3 Å². The Kier molecular flexibility index (Phi) is 7.18. The standard InChI is InChI=1S/C17H22N4O2S3/c1-3-24-16-19-20-17(26-16)25-12(2)15(22)18-13-4-6-14(7-5-13)21-8-10-23-11-9-21/h4-7,12H,3,8-11H2,1-2H3,(H,18,22). The average molecular weight is 411 g/mol. The molecule has 0 spiro atoms. The fourth-order valence-electron chi connectivity index (χ4n) is 2.45. The largest absolute Gasteiger partial charge is 0.378 e. The molecule has 1 aliphatic rings. The molecule has 0 aliphatic carbocycles. The molecule has 1 amide bonds. The number of hydrogen-bond donors (Lipinski definition) is 1. The summed E-state index contributed by atoms with van der Waals surface area (Å²) in [7, 11) is 0. The number of ether oxygens (including phenoxy) is 1. The van der Waals surface area contributed by atoms with Gasteiger partial charge in [-0.3, -0.25) is 4.79 Å². The number of morpholine rings is 1. The van der Waals surface area contributed by atoms with Crippen LogP contribution in [0.25, 0.3) is 0 Å². The third-order valence-electron chi connectivity index (χ3n) is 3.81. The Labute approximate surface area is 166 Å². The Balaban J connectivity index is 1.52. The summed E-state index contributed by atoms with van der Waals surface area (Å²) in [6.07, 6.45) is 0. The highest BCUT2D eigenvalue weighted by atomic mass is 32.2. The maximum Gasteiger partial charge on any atom is 0.237 e. The monoisotopic (exact) mass is 410 g/mol. The maximum absolute atomic E-state index is 12.4. The first-order chi connectivity index (χ1) is 12.7. The van der Waals surface area contributed by atoms with Crippen LogP contribution in [0, 0.1) is 0 Å². The predicted octanol–water partition coefficient (Wildman–Crippen LogP) is 3.61. The number of hydrogen-bond acceptors (Lipinski definition) is 8. The van der Waals surface area contributed by atoms with Gasteiger partial charge >= 0.3 is 0 Å². The number of carbonyl (C=O) groups is 1. The molecule has 0 radical (unpaired) electrons. The van der Waals surface area contributed by atoms with Crippen LogP contribution in [0.15, 0.2) is 32.9 Å². The van der Waals surface area contributed by atoms with Gasteiger partial charge in [-0.25, -0.2) is 0 Å². The molecule has 9 heteroatoms. The van der Waals surface area contributed by atoms with Crippen molar-refractivity contribution in [2.24, 2.45) is 0 Å². The Bertz CT molecular complexity index is 717. The SMILES string of the molecule is CCSc1nnc(SC(C)C(=O)Nc2ccc(N3CCOCC3)cc2)s1. The second-order valence-electron chi connectivity index (χ2n) is 5.66. The Morgan fingerprint density at radius 3 is 2.65 bits per heavy atom. The number of thioether (sulfide) groups is 2. The molecule has 0 bridgehead atoms. The van der Waals surface area contributed by atoms with Crippen LogP contribution in [0.3, 0.4) is 0 Å². The summed E-state index contributed by atoms with van der Waals surface area (Å²) in [5.41, 5.74) is 1.96. The van der Waals surface area contributed by atoms with Crippen molar-refractivity contribution < 1.29 is 9.53 Å². The molecular weight excluding hydrogens is 388 g/mol. The van der Waals surface area contributed by atoms with E-state index >= 15 is 0 Å². The molecular formula is C17H22N4O2S3. The predicted molar refractivity (Wildman–Crippen MR) is 110 cm³/mol. The summed E-state index contributed by atoms with van der Waals surface area (Å²) in [5, 5.41) is 11.0. The van der Waals surface area contributed by atoms with Crippen LogP contribution in [0.5, 0.6) is 0 Å². The van der Waals surface area contributed by atoms with E-state index in [1.54, 1.807) is 11.8 Å². The van der Waals surface area contributed by atoms with Crippen molar-refractivity contribution in [1.82, 2.24) is 10.2 Å². The quantitative estimate of drug-likeness (QED) is 0.700. The minimum absolute atomic E-state index is 0.0333. The van der Waals surface area contributed by atoms with Crippen molar-refractivity contribution in [2.45, 2.75) is 27.8 Å². The van der Waals surface area contributed by atoms with Crippen LogP contribution in [0.2, 0.25) is 0 Å². The Hall–Kier alpha value is -1.29. The highest BCUT2D eigenvalue weighted by Crippen LogP contribution is 2.31. The molecule has 1 fully saturated rings. The minimum atomic E-state index is -0.235. The molecule has 1 atom stereocenters. The molecule has 6 nitrogen and oxygen atoms in total. The molecule has 26 heavy (non-hydrogen) atoms. The molecule has 1 aliphatic heterocycles. The smallest absolute Gasteiger partial charge is 0.237 e. The average Bonchev–Trinajstić information content (AvgIpc) is 3.10. The Morgan fingerprint density at radius 1 is 1.27 bits per heavy atom. The topological polar surface area (TPSA) is 67.4 Å². The lowest BCUT2D eigenvalue weighted by Gasteiger charge is -2.28. The minimum Gasteiger partial charge on any atom is -0.378 e. The lowest BCUT2D eigenvalue weighted by molar-refractivity contribution is -0.115. The molecule has 0 saturated carbocycles. The third-order valence-corrected chi connectivity index (χ3v) is 6.94. The van der Waals surface area contributed by atoms with E-state index in [-0.39, 0.29) is 11.2 Å². The summed E-state index contributed by atoms with van der Waals surface area (Å²) >= 11 is 4.64. The number of nitrogens with zero attached hydrogens (tertiary/aromatic N) is 3. The number of amides is 1. The van der Waals surface area contributed by atoms with Gasteiger partial charge in [-0.05, 0) is 36.9 Å².